The molecule has 0 N–H and O–H groups in total. The van der Waals surface area contributed by atoms with Crippen molar-refractivity contribution >= 4 is 28.4 Å². The molecular weight excluding hydrogens is 310 g/mol. The average molecular weight is 327 g/mol. The van der Waals surface area contributed by atoms with Gasteiger partial charge in [0.1, 0.15) is 5.01 Å². The molecule has 1 fully saturated rings. The molecule has 7 heteroatoms. The Balaban J connectivity index is 1.53. The lowest BCUT2D eigenvalue weighted by atomic mass is 10.2. The van der Waals surface area contributed by atoms with Crippen molar-refractivity contribution in [2.24, 2.45) is 0 Å². The predicted octanol–water partition coefficient (Wildman–Crippen LogP) is 2.19. The van der Waals surface area contributed by atoms with Crippen LogP contribution in [0.25, 0.3) is 17.1 Å². The smallest absolute Gasteiger partial charge is 0.235 e. The fourth-order valence-corrected chi connectivity index (χ4v) is 3.29. The van der Waals surface area contributed by atoms with Crippen LogP contribution in [0.4, 0.5) is 0 Å². The Morgan fingerprint density at radius 3 is 2.74 bits per heavy atom. The number of hydrogen-bond donors (Lipinski definition) is 0. The molecule has 3 heterocycles. The Labute approximate surface area is 138 Å². The van der Waals surface area contributed by atoms with Gasteiger partial charge >= 0.3 is 0 Å². The quantitative estimate of drug-likeness (QED) is 0.735. The first-order chi connectivity index (χ1) is 11.4. The zero-order valence-electron chi connectivity index (χ0n) is 12.6. The van der Waals surface area contributed by atoms with E-state index in [-0.39, 0.29) is 0 Å². The number of aromatic nitrogens is 4. The predicted molar refractivity (Wildman–Crippen MR) is 90.1 cm³/mol. The molecular formula is C16H17N5OS. The maximum absolute atomic E-state index is 5.38. The van der Waals surface area contributed by atoms with E-state index in [2.05, 4.69) is 38.4 Å². The first kappa shape index (κ1) is 14.5. The standard InChI is InChI=1S/C16H17N5OS/c1-2-4-13(5-3-1)6-7-15-19-21-14(17-18-16(21)23-15)12-20-8-10-22-11-9-20/h1-7H,8-12H2/b7-6+. The minimum atomic E-state index is 0.760. The molecule has 1 aliphatic heterocycles. The molecule has 0 radical (unpaired) electrons. The number of morpholine rings is 1. The summed E-state index contributed by atoms with van der Waals surface area (Å²) in [5.74, 6) is 0.887. The van der Waals surface area contributed by atoms with Gasteiger partial charge in [-0.1, -0.05) is 47.7 Å². The van der Waals surface area contributed by atoms with Gasteiger partial charge in [0.2, 0.25) is 4.96 Å². The third kappa shape index (κ3) is 3.31. The molecule has 0 atom stereocenters. The Kier molecular flexibility index (Phi) is 4.14. The molecule has 0 saturated carbocycles. The van der Waals surface area contributed by atoms with Crippen LogP contribution in [0.5, 0.6) is 0 Å². The van der Waals surface area contributed by atoms with E-state index in [0.29, 0.717) is 0 Å². The molecule has 1 aliphatic rings. The monoisotopic (exact) mass is 327 g/mol. The second-order valence-electron chi connectivity index (χ2n) is 5.38. The lowest BCUT2D eigenvalue weighted by molar-refractivity contribution is 0.0328. The minimum absolute atomic E-state index is 0.760. The molecule has 1 saturated heterocycles. The van der Waals surface area contributed by atoms with Crippen LogP contribution in [0.3, 0.4) is 0 Å². The van der Waals surface area contributed by atoms with Crippen molar-refractivity contribution in [3.05, 3.63) is 46.7 Å². The molecule has 0 bridgehead atoms. The summed E-state index contributed by atoms with van der Waals surface area (Å²) in [6.07, 6.45) is 4.08. The molecule has 2 aromatic heterocycles. The minimum Gasteiger partial charge on any atom is -0.379 e. The molecule has 1 aromatic carbocycles. The Morgan fingerprint density at radius 2 is 1.91 bits per heavy atom. The van der Waals surface area contributed by atoms with Gasteiger partial charge in [-0.15, -0.1) is 10.2 Å². The number of fused-ring (bicyclic) bond motifs is 1. The summed E-state index contributed by atoms with van der Waals surface area (Å²) in [5, 5.41) is 14.1. The van der Waals surface area contributed by atoms with Crippen LogP contribution >= 0.6 is 11.3 Å². The summed E-state index contributed by atoms with van der Waals surface area (Å²) < 4.78 is 7.23. The topological polar surface area (TPSA) is 55.5 Å². The maximum Gasteiger partial charge on any atom is 0.235 e. The van der Waals surface area contributed by atoms with Gasteiger partial charge in [-0.25, -0.2) is 0 Å². The normalized spacial score (nSPS) is 16.5. The summed E-state index contributed by atoms with van der Waals surface area (Å²) >= 11 is 1.55. The number of benzene rings is 1. The van der Waals surface area contributed by atoms with Crippen LogP contribution in [-0.2, 0) is 11.3 Å². The summed E-state index contributed by atoms with van der Waals surface area (Å²) in [6.45, 7) is 4.18. The van der Waals surface area contributed by atoms with E-state index in [1.165, 1.54) is 0 Å². The third-order valence-electron chi connectivity index (χ3n) is 3.76. The fourth-order valence-electron chi connectivity index (χ4n) is 2.53. The van der Waals surface area contributed by atoms with Crippen LogP contribution in [0.15, 0.2) is 30.3 Å². The van der Waals surface area contributed by atoms with Crippen LogP contribution < -0.4 is 0 Å². The van der Waals surface area contributed by atoms with Crippen molar-refractivity contribution in [3.63, 3.8) is 0 Å². The largest absolute Gasteiger partial charge is 0.379 e. The number of rotatable bonds is 4. The van der Waals surface area contributed by atoms with Gasteiger partial charge in [-0.3, -0.25) is 4.90 Å². The maximum atomic E-state index is 5.38. The second kappa shape index (κ2) is 6.57. The molecule has 0 amide bonds. The molecule has 0 spiro atoms. The summed E-state index contributed by atoms with van der Waals surface area (Å²) in [5.41, 5.74) is 1.16. The number of hydrogen-bond acceptors (Lipinski definition) is 6. The molecule has 0 unspecified atom stereocenters. The zero-order valence-corrected chi connectivity index (χ0v) is 13.4. The lowest BCUT2D eigenvalue weighted by Gasteiger charge is -2.25. The van der Waals surface area contributed by atoms with Crippen LogP contribution in [0.1, 0.15) is 16.4 Å². The number of nitrogens with zero attached hydrogens (tertiary/aromatic N) is 5. The van der Waals surface area contributed by atoms with Gasteiger partial charge in [-0.05, 0) is 11.6 Å². The highest BCUT2D eigenvalue weighted by molar-refractivity contribution is 7.17. The second-order valence-corrected chi connectivity index (χ2v) is 6.37. The van der Waals surface area contributed by atoms with E-state index in [9.17, 15) is 0 Å². The van der Waals surface area contributed by atoms with Gasteiger partial charge in [0, 0.05) is 13.1 Å². The van der Waals surface area contributed by atoms with Gasteiger partial charge in [0.15, 0.2) is 5.82 Å². The first-order valence-electron chi connectivity index (χ1n) is 7.63. The molecule has 0 aliphatic carbocycles. The number of ether oxygens (including phenoxy) is 1. The fraction of sp³-hybridized carbons (Fsp3) is 0.312. The van der Waals surface area contributed by atoms with Crippen LogP contribution in [-0.4, -0.2) is 51.0 Å². The van der Waals surface area contributed by atoms with E-state index >= 15 is 0 Å². The van der Waals surface area contributed by atoms with Gasteiger partial charge in [-0.2, -0.15) is 9.61 Å². The van der Waals surface area contributed by atoms with E-state index in [0.717, 1.165) is 54.2 Å². The van der Waals surface area contributed by atoms with Crippen LogP contribution in [0, 0.1) is 0 Å². The Hall–Kier alpha value is -2.09. The molecule has 23 heavy (non-hydrogen) atoms. The molecule has 118 valence electrons. The SMILES string of the molecule is C(=C\c1nn2c(CN3CCOCC3)nnc2s1)/c1ccccc1. The molecule has 3 aromatic rings. The molecule has 6 nitrogen and oxygen atoms in total. The van der Waals surface area contributed by atoms with Crippen molar-refractivity contribution in [1.29, 1.82) is 0 Å². The highest BCUT2D eigenvalue weighted by Crippen LogP contribution is 2.17. The summed E-state index contributed by atoms with van der Waals surface area (Å²) in [4.78, 5) is 3.15. The van der Waals surface area contributed by atoms with E-state index < -0.39 is 0 Å². The third-order valence-corrected chi connectivity index (χ3v) is 4.62. The highest BCUT2D eigenvalue weighted by Gasteiger charge is 2.16. The van der Waals surface area contributed by atoms with Gasteiger partial charge in [0.05, 0.1) is 19.8 Å². The zero-order chi connectivity index (χ0) is 15.5. The Bertz CT molecular complexity index is 804. The van der Waals surface area contributed by atoms with E-state index in [4.69, 9.17) is 4.74 Å². The molecule has 4 rings (SSSR count). The summed E-state index contributed by atoms with van der Waals surface area (Å²) in [6, 6.07) is 10.2. The van der Waals surface area contributed by atoms with E-state index in [1.807, 2.05) is 28.8 Å². The van der Waals surface area contributed by atoms with Crippen molar-refractivity contribution in [2.45, 2.75) is 6.54 Å². The Morgan fingerprint density at radius 1 is 1.09 bits per heavy atom. The lowest BCUT2D eigenvalue weighted by Crippen LogP contribution is -2.36. The van der Waals surface area contributed by atoms with Crippen molar-refractivity contribution in [1.82, 2.24) is 24.7 Å². The van der Waals surface area contributed by atoms with Gasteiger partial charge in [0.25, 0.3) is 0 Å². The van der Waals surface area contributed by atoms with Crippen molar-refractivity contribution in [3.8, 4) is 0 Å². The van der Waals surface area contributed by atoms with E-state index in [1.54, 1.807) is 11.3 Å². The first-order valence-corrected chi connectivity index (χ1v) is 8.44. The average Bonchev–Trinajstić information content (AvgIpc) is 3.17. The summed E-state index contributed by atoms with van der Waals surface area (Å²) in [7, 11) is 0. The van der Waals surface area contributed by atoms with Crippen molar-refractivity contribution in [2.75, 3.05) is 26.3 Å². The van der Waals surface area contributed by atoms with Gasteiger partial charge < -0.3 is 4.74 Å². The van der Waals surface area contributed by atoms with Crippen molar-refractivity contribution < 1.29 is 4.74 Å². The highest BCUT2D eigenvalue weighted by atomic mass is 32.1. The van der Waals surface area contributed by atoms with Crippen LogP contribution in [0.2, 0.25) is 0 Å².